The number of oxazole rings is 1. The molecule has 0 bridgehead atoms. The summed E-state index contributed by atoms with van der Waals surface area (Å²) in [7, 11) is 0. The van der Waals surface area contributed by atoms with Crippen molar-refractivity contribution < 1.29 is 4.42 Å². The van der Waals surface area contributed by atoms with Crippen molar-refractivity contribution in [3.05, 3.63) is 110 Å². The molecule has 176 valence electrons. The third-order valence-corrected chi connectivity index (χ3v) is 7.67. The van der Waals surface area contributed by atoms with Gasteiger partial charge in [-0.1, -0.05) is 66.7 Å². The molecule has 0 atom stereocenters. The van der Waals surface area contributed by atoms with Crippen molar-refractivity contribution in [1.82, 2.24) is 19.4 Å². The Bertz CT molecular complexity index is 2350. The second-order valence-corrected chi connectivity index (χ2v) is 9.71. The zero-order valence-electron chi connectivity index (χ0n) is 20.1. The zero-order chi connectivity index (χ0) is 24.8. The largest absolute Gasteiger partial charge is 0.443 e. The van der Waals surface area contributed by atoms with Crippen LogP contribution in [0, 0.1) is 0 Å². The summed E-state index contributed by atoms with van der Waals surface area (Å²) in [6.45, 7) is 0. The molecule has 4 aromatic heterocycles. The molecule has 0 N–H and O–H groups in total. The van der Waals surface area contributed by atoms with Gasteiger partial charge in [0.2, 0.25) is 0 Å². The molecule has 0 fully saturated rings. The van der Waals surface area contributed by atoms with Crippen LogP contribution in [0.2, 0.25) is 0 Å². The van der Waals surface area contributed by atoms with Crippen molar-refractivity contribution in [3.8, 4) is 22.6 Å². The first-order chi connectivity index (χ1) is 18.8. The Balaban J connectivity index is 1.38. The maximum absolute atomic E-state index is 5.88. The average molecular weight is 487 g/mol. The van der Waals surface area contributed by atoms with Gasteiger partial charge in [0.05, 0.1) is 33.1 Å². The number of hydrogen-bond acceptors (Lipinski definition) is 4. The SMILES string of the molecule is c1ccc(-c2nc(-c3ccc4c(c3)c3cc5ncoc5c5c6ccccc6n4c35)nc3ccccc23)cc1. The van der Waals surface area contributed by atoms with Crippen LogP contribution < -0.4 is 0 Å². The number of para-hydroxylation sites is 2. The highest BCUT2D eigenvalue weighted by atomic mass is 16.3. The highest BCUT2D eigenvalue weighted by molar-refractivity contribution is 6.30. The monoisotopic (exact) mass is 486 g/mol. The van der Waals surface area contributed by atoms with E-state index < -0.39 is 0 Å². The van der Waals surface area contributed by atoms with Crippen molar-refractivity contribution in [1.29, 1.82) is 0 Å². The molecule has 0 amide bonds. The zero-order valence-corrected chi connectivity index (χ0v) is 20.1. The highest BCUT2D eigenvalue weighted by Crippen LogP contribution is 2.43. The molecular formula is C33H18N4O. The maximum Gasteiger partial charge on any atom is 0.182 e. The van der Waals surface area contributed by atoms with Gasteiger partial charge in [0, 0.05) is 32.7 Å². The summed E-state index contributed by atoms with van der Waals surface area (Å²) in [6, 6.07) is 35.7. The van der Waals surface area contributed by atoms with Crippen LogP contribution in [-0.4, -0.2) is 19.4 Å². The van der Waals surface area contributed by atoms with E-state index in [4.69, 9.17) is 14.4 Å². The first kappa shape index (κ1) is 19.8. The fourth-order valence-corrected chi connectivity index (χ4v) is 6.04. The van der Waals surface area contributed by atoms with Crippen LogP contribution in [0.1, 0.15) is 0 Å². The van der Waals surface area contributed by atoms with Gasteiger partial charge in [-0.2, -0.15) is 0 Å². The Kier molecular flexibility index (Phi) is 3.73. The van der Waals surface area contributed by atoms with E-state index >= 15 is 0 Å². The number of hydrogen-bond donors (Lipinski definition) is 0. The van der Waals surface area contributed by atoms with Gasteiger partial charge < -0.3 is 8.82 Å². The van der Waals surface area contributed by atoms with Crippen LogP contribution in [0.25, 0.3) is 82.7 Å². The molecule has 5 heteroatoms. The summed E-state index contributed by atoms with van der Waals surface area (Å²) >= 11 is 0. The number of benzene rings is 5. The van der Waals surface area contributed by atoms with E-state index in [1.807, 2.05) is 30.3 Å². The van der Waals surface area contributed by atoms with E-state index in [1.165, 1.54) is 11.8 Å². The quantitative estimate of drug-likeness (QED) is 0.247. The van der Waals surface area contributed by atoms with E-state index in [1.54, 1.807) is 0 Å². The Morgan fingerprint density at radius 2 is 1.37 bits per heavy atom. The minimum Gasteiger partial charge on any atom is -0.443 e. The van der Waals surface area contributed by atoms with Crippen molar-refractivity contribution in [3.63, 3.8) is 0 Å². The van der Waals surface area contributed by atoms with E-state index in [0.29, 0.717) is 5.82 Å². The minimum absolute atomic E-state index is 0.713. The second kappa shape index (κ2) is 7.14. The van der Waals surface area contributed by atoms with Gasteiger partial charge >= 0.3 is 0 Å². The van der Waals surface area contributed by atoms with Gasteiger partial charge in [0.25, 0.3) is 0 Å². The standard InChI is InChI=1S/C33H18N4O/c1-2-8-19(9-3-1)30-21-10-4-6-12-25(21)35-33(36-30)20-14-15-28-23(16-20)24-17-26-32(38-18-34-26)29-22-11-5-7-13-27(22)37(28)31(24)29/h1-18H. The van der Waals surface area contributed by atoms with Gasteiger partial charge in [0.1, 0.15) is 5.52 Å². The molecule has 0 aliphatic carbocycles. The lowest BCUT2D eigenvalue weighted by molar-refractivity contribution is 0.605. The number of nitrogens with zero attached hydrogens (tertiary/aromatic N) is 4. The topological polar surface area (TPSA) is 56.2 Å². The van der Waals surface area contributed by atoms with E-state index in [9.17, 15) is 0 Å². The Hall–Kier alpha value is -5.29. The lowest BCUT2D eigenvalue weighted by Gasteiger charge is -2.09. The van der Waals surface area contributed by atoms with Gasteiger partial charge in [-0.15, -0.1) is 0 Å². The molecule has 4 heterocycles. The summed E-state index contributed by atoms with van der Waals surface area (Å²) in [4.78, 5) is 14.6. The van der Waals surface area contributed by atoms with Gasteiger partial charge in [0.15, 0.2) is 17.8 Å². The lowest BCUT2D eigenvalue weighted by Crippen LogP contribution is -1.95. The van der Waals surface area contributed by atoms with Crippen LogP contribution in [0.15, 0.2) is 114 Å². The van der Waals surface area contributed by atoms with Crippen LogP contribution >= 0.6 is 0 Å². The van der Waals surface area contributed by atoms with Crippen LogP contribution in [0.5, 0.6) is 0 Å². The van der Waals surface area contributed by atoms with E-state index in [-0.39, 0.29) is 0 Å². The normalized spacial score (nSPS) is 12.2. The molecule has 5 nitrogen and oxygen atoms in total. The predicted molar refractivity (Wildman–Crippen MR) is 153 cm³/mol. The predicted octanol–water partition coefficient (Wildman–Crippen LogP) is 8.26. The minimum atomic E-state index is 0.713. The molecular weight excluding hydrogens is 468 g/mol. The summed E-state index contributed by atoms with van der Waals surface area (Å²) in [6.07, 6.45) is 1.53. The smallest absolute Gasteiger partial charge is 0.182 e. The third kappa shape index (κ3) is 2.52. The Morgan fingerprint density at radius 3 is 2.29 bits per heavy atom. The first-order valence-electron chi connectivity index (χ1n) is 12.6. The summed E-state index contributed by atoms with van der Waals surface area (Å²) in [5.74, 6) is 0.713. The third-order valence-electron chi connectivity index (χ3n) is 7.67. The molecule has 0 aliphatic heterocycles. The molecule has 9 aromatic rings. The number of aromatic nitrogens is 4. The number of fused-ring (bicyclic) bond motifs is 9. The molecule has 0 aliphatic rings. The van der Waals surface area contributed by atoms with Gasteiger partial charge in [-0.05, 0) is 36.4 Å². The Morgan fingerprint density at radius 1 is 0.579 bits per heavy atom. The van der Waals surface area contributed by atoms with Crippen LogP contribution in [0.3, 0.4) is 0 Å². The average Bonchev–Trinajstić information content (AvgIpc) is 3.67. The molecule has 0 spiro atoms. The molecule has 38 heavy (non-hydrogen) atoms. The second-order valence-electron chi connectivity index (χ2n) is 9.71. The summed E-state index contributed by atoms with van der Waals surface area (Å²) < 4.78 is 8.22. The fraction of sp³-hybridized carbons (Fsp3) is 0. The highest BCUT2D eigenvalue weighted by Gasteiger charge is 2.22. The number of rotatable bonds is 2. The summed E-state index contributed by atoms with van der Waals surface area (Å²) in [5, 5.41) is 5.63. The molecule has 0 saturated heterocycles. The maximum atomic E-state index is 5.88. The van der Waals surface area contributed by atoms with Crippen molar-refractivity contribution >= 4 is 60.1 Å². The molecule has 0 saturated carbocycles. The van der Waals surface area contributed by atoms with Crippen molar-refractivity contribution in [2.45, 2.75) is 0 Å². The first-order valence-corrected chi connectivity index (χ1v) is 12.6. The molecule has 9 rings (SSSR count). The van der Waals surface area contributed by atoms with Crippen LogP contribution in [0.4, 0.5) is 0 Å². The lowest BCUT2D eigenvalue weighted by atomic mass is 10.0. The van der Waals surface area contributed by atoms with Crippen LogP contribution in [-0.2, 0) is 0 Å². The van der Waals surface area contributed by atoms with Gasteiger partial charge in [-0.3, -0.25) is 0 Å². The summed E-state index contributed by atoms with van der Waals surface area (Å²) in [5.41, 5.74) is 9.09. The van der Waals surface area contributed by atoms with Gasteiger partial charge in [-0.25, -0.2) is 15.0 Å². The molecule has 0 radical (unpaired) electrons. The molecule has 5 aromatic carbocycles. The Labute approximate surface area is 216 Å². The molecule has 0 unspecified atom stereocenters. The van der Waals surface area contributed by atoms with E-state index in [2.05, 4.69) is 82.2 Å². The van der Waals surface area contributed by atoms with E-state index in [0.717, 1.165) is 71.5 Å². The van der Waals surface area contributed by atoms with Crippen molar-refractivity contribution in [2.24, 2.45) is 0 Å². The fourth-order valence-electron chi connectivity index (χ4n) is 6.04. The van der Waals surface area contributed by atoms with Crippen molar-refractivity contribution in [2.75, 3.05) is 0 Å².